The molecule has 32 heavy (non-hydrogen) atoms. The Kier molecular flexibility index (Phi) is 15.1. The van der Waals surface area contributed by atoms with Gasteiger partial charge in [-0.05, 0) is 24.7 Å². The van der Waals surface area contributed by atoms with E-state index in [1.54, 1.807) is 0 Å². The van der Waals surface area contributed by atoms with E-state index in [0.717, 1.165) is 64.2 Å². The van der Waals surface area contributed by atoms with Crippen LogP contribution in [0.3, 0.4) is 0 Å². The van der Waals surface area contributed by atoms with Crippen molar-refractivity contribution in [3.05, 3.63) is 0 Å². The summed E-state index contributed by atoms with van der Waals surface area (Å²) in [7, 11) is -5.11. The Morgan fingerprint density at radius 1 is 0.750 bits per heavy atom. The molecule has 0 bridgehead atoms. The largest absolute Gasteiger partial charge is 0.481 e. The van der Waals surface area contributed by atoms with Crippen LogP contribution >= 0.6 is 0 Å². The first-order valence-electron chi connectivity index (χ1n) is 12.4. The van der Waals surface area contributed by atoms with E-state index in [1.807, 2.05) is 13.8 Å². The molecule has 8 heteroatoms. The van der Waals surface area contributed by atoms with E-state index in [-0.39, 0.29) is 24.7 Å². The van der Waals surface area contributed by atoms with Gasteiger partial charge in [-0.3, -0.25) is 14.1 Å². The molecular formula is C24H46O7S. The zero-order valence-electron chi connectivity index (χ0n) is 20.5. The van der Waals surface area contributed by atoms with Crippen LogP contribution in [0.4, 0.5) is 0 Å². The fourth-order valence-corrected chi connectivity index (χ4v) is 6.00. The molecule has 0 heterocycles. The predicted molar refractivity (Wildman–Crippen MR) is 127 cm³/mol. The molecular weight excluding hydrogens is 432 g/mol. The molecule has 0 radical (unpaired) electrons. The maximum atomic E-state index is 12.6. The molecule has 0 aliphatic carbocycles. The van der Waals surface area contributed by atoms with Crippen LogP contribution in [0.25, 0.3) is 0 Å². The molecule has 0 aromatic heterocycles. The highest BCUT2D eigenvalue weighted by molar-refractivity contribution is 7.87. The molecule has 0 aromatic carbocycles. The van der Waals surface area contributed by atoms with Gasteiger partial charge in [-0.1, -0.05) is 105 Å². The molecule has 0 spiro atoms. The van der Waals surface area contributed by atoms with Gasteiger partial charge in [0, 0.05) is 0 Å². The summed E-state index contributed by atoms with van der Waals surface area (Å²) in [5, 5.41) is 17.7. The van der Waals surface area contributed by atoms with E-state index in [9.17, 15) is 32.8 Å². The van der Waals surface area contributed by atoms with Crippen LogP contribution in [0.15, 0.2) is 0 Å². The monoisotopic (exact) mass is 478 g/mol. The number of carboxylic acids is 2. The summed E-state index contributed by atoms with van der Waals surface area (Å²) in [5.41, 5.74) is -2.06. The first-order chi connectivity index (χ1) is 15.0. The van der Waals surface area contributed by atoms with Crippen molar-refractivity contribution in [2.75, 3.05) is 0 Å². The molecule has 3 unspecified atom stereocenters. The highest BCUT2D eigenvalue weighted by Crippen LogP contribution is 2.44. The fraction of sp³-hybridized carbons (Fsp3) is 0.917. The maximum Gasteiger partial charge on any atom is 0.325 e. The fourth-order valence-electron chi connectivity index (χ4n) is 4.88. The van der Waals surface area contributed by atoms with Gasteiger partial charge < -0.3 is 10.2 Å². The lowest BCUT2D eigenvalue weighted by atomic mass is 9.68. The SMILES string of the molecule is CCCCCCC(CC)CC(CC(CC)CCCCCC)(C(=O)O)C(C(=O)O)S(=O)(=O)O. The molecule has 0 fully saturated rings. The second-order valence-electron chi connectivity index (χ2n) is 9.35. The second kappa shape index (κ2) is 15.6. The Morgan fingerprint density at radius 2 is 1.16 bits per heavy atom. The van der Waals surface area contributed by atoms with Crippen LogP contribution in [0.5, 0.6) is 0 Å². The van der Waals surface area contributed by atoms with E-state index < -0.39 is 32.7 Å². The minimum atomic E-state index is -5.11. The summed E-state index contributed by atoms with van der Waals surface area (Å²) >= 11 is 0. The second-order valence-corrected chi connectivity index (χ2v) is 10.9. The quantitative estimate of drug-likeness (QED) is 0.141. The Morgan fingerprint density at radius 3 is 1.41 bits per heavy atom. The third kappa shape index (κ3) is 10.2. The van der Waals surface area contributed by atoms with Gasteiger partial charge in [0.2, 0.25) is 0 Å². The Bertz CT molecular complexity index is 623. The zero-order valence-corrected chi connectivity index (χ0v) is 21.3. The van der Waals surface area contributed by atoms with E-state index in [1.165, 1.54) is 0 Å². The van der Waals surface area contributed by atoms with Crippen molar-refractivity contribution >= 4 is 22.1 Å². The third-order valence-corrected chi connectivity index (χ3v) is 8.09. The average Bonchev–Trinajstić information content (AvgIpc) is 2.70. The van der Waals surface area contributed by atoms with Crippen LogP contribution in [0, 0.1) is 17.3 Å². The van der Waals surface area contributed by atoms with Gasteiger partial charge >= 0.3 is 11.9 Å². The predicted octanol–water partition coefficient (Wildman–Crippen LogP) is 6.17. The molecule has 0 aromatic rings. The number of rotatable bonds is 20. The third-order valence-electron chi connectivity index (χ3n) is 6.84. The van der Waals surface area contributed by atoms with Crippen molar-refractivity contribution in [3.8, 4) is 0 Å². The average molecular weight is 479 g/mol. The Labute approximate surface area is 195 Å². The van der Waals surface area contributed by atoms with Crippen LogP contribution in [0.2, 0.25) is 0 Å². The lowest BCUT2D eigenvalue weighted by molar-refractivity contribution is -0.158. The van der Waals surface area contributed by atoms with E-state index in [2.05, 4.69) is 13.8 Å². The Balaban J connectivity index is 6.07. The summed E-state index contributed by atoms with van der Waals surface area (Å²) in [5.74, 6) is -3.48. The summed E-state index contributed by atoms with van der Waals surface area (Å²) in [4.78, 5) is 24.7. The standard InChI is InChI=1S/C24H46O7S/c1-5-9-11-13-15-19(7-3)17-24(23(27)28,21(22(25)26)32(29,30)31)18-20(8-4)16-14-12-10-6-2/h19-21H,5-18H2,1-4H3,(H,25,26)(H,27,28)(H,29,30,31). The van der Waals surface area contributed by atoms with E-state index in [4.69, 9.17) is 0 Å². The topological polar surface area (TPSA) is 129 Å². The highest BCUT2D eigenvalue weighted by Gasteiger charge is 2.57. The van der Waals surface area contributed by atoms with Gasteiger partial charge in [-0.15, -0.1) is 0 Å². The molecule has 0 rings (SSSR count). The van der Waals surface area contributed by atoms with Crippen LogP contribution in [0.1, 0.15) is 118 Å². The van der Waals surface area contributed by atoms with Gasteiger partial charge in [0.25, 0.3) is 10.1 Å². The number of carbonyl (C=O) groups is 2. The molecule has 3 N–H and O–H groups in total. The highest BCUT2D eigenvalue weighted by atomic mass is 32.2. The van der Waals surface area contributed by atoms with Crippen molar-refractivity contribution in [2.24, 2.45) is 17.3 Å². The van der Waals surface area contributed by atoms with Gasteiger partial charge in [0.15, 0.2) is 5.25 Å². The van der Waals surface area contributed by atoms with E-state index >= 15 is 0 Å². The number of unbranched alkanes of at least 4 members (excludes halogenated alkanes) is 6. The molecule has 3 atom stereocenters. The number of carboxylic acid groups (broad SMARTS) is 2. The van der Waals surface area contributed by atoms with Crippen molar-refractivity contribution in [1.82, 2.24) is 0 Å². The molecule has 0 saturated carbocycles. The number of hydrogen-bond donors (Lipinski definition) is 3. The maximum absolute atomic E-state index is 12.6. The molecule has 0 saturated heterocycles. The van der Waals surface area contributed by atoms with Crippen LogP contribution in [-0.4, -0.2) is 40.4 Å². The first kappa shape index (κ1) is 30.9. The van der Waals surface area contributed by atoms with Crippen LogP contribution in [-0.2, 0) is 19.7 Å². The van der Waals surface area contributed by atoms with Crippen molar-refractivity contribution < 1.29 is 32.8 Å². The number of hydrogen-bond acceptors (Lipinski definition) is 4. The minimum Gasteiger partial charge on any atom is -0.481 e. The molecule has 190 valence electrons. The number of aliphatic carboxylic acids is 2. The lowest BCUT2D eigenvalue weighted by Crippen LogP contribution is -2.53. The van der Waals surface area contributed by atoms with Crippen molar-refractivity contribution in [2.45, 2.75) is 123 Å². The van der Waals surface area contributed by atoms with Crippen molar-refractivity contribution in [3.63, 3.8) is 0 Å². The zero-order chi connectivity index (χ0) is 24.8. The minimum absolute atomic E-state index is 0.0623. The molecule has 0 aliphatic rings. The molecule has 7 nitrogen and oxygen atoms in total. The molecule has 0 amide bonds. The van der Waals surface area contributed by atoms with E-state index in [0.29, 0.717) is 12.8 Å². The van der Waals surface area contributed by atoms with Gasteiger partial charge in [-0.2, -0.15) is 8.42 Å². The lowest BCUT2D eigenvalue weighted by Gasteiger charge is -2.38. The molecule has 0 aliphatic heterocycles. The smallest absolute Gasteiger partial charge is 0.325 e. The van der Waals surface area contributed by atoms with Gasteiger partial charge in [-0.25, -0.2) is 0 Å². The summed E-state index contributed by atoms with van der Waals surface area (Å²) in [6.07, 6.45) is 10.6. The van der Waals surface area contributed by atoms with Gasteiger partial charge in [0.1, 0.15) is 0 Å². The first-order valence-corrected chi connectivity index (χ1v) is 13.9. The van der Waals surface area contributed by atoms with Gasteiger partial charge in [0.05, 0.1) is 5.41 Å². The summed E-state index contributed by atoms with van der Waals surface area (Å²) in [6.45, 7) is 8.04. The normalized spacial score (nSPS) is 16.8. The van der Waals surface area contributed by atoms with Crippen molar-refractivity contribution in [1.29, 1.82) is 0 Å². The van der Waals surface area contributed by atoms with Crippen LogP contribution < -0.4 is 0 Å². The Hall–Kier alpha value is -1.15. The summed E-state index contributed by atoms with van der Waals surface area (Å²) in [6, 6.07) is 0. The summed E-state index contributed by atoms with van der Waals surface area (Å²) < 4.78 is 34.2.